The van der Waals surface area contributed by atoms with Crippen LogP contribution in [0.3, 0.4) is 0 Å². The summed E-state index contributed by atoms with van der Waals surface area (Å²) in [4.78, 5) is 11.5. The summed E-state index contributed by atoms with van der Waals surface area (Å²) in [6, 6.07) is 7.51. The van der Waals surface area contributed by atoms with Crippen molar-refractivity contribution in [3.63, 3.8) is 0 Å². The molecule has 0 aliphatic carbocycles. The van der Waals surface area contributed by atoms with Gasteiger partial charge in [-0.25, -0.2) is 0 Å². The summed E-state index contributed by atoms with van der Waals surface area (Å²) in [5.74, 6) is 0.648. The van der Waals surface area contributed by atoms with E-state index >= 15 is 0 Å². The molecule has 5 nitrogen and oxygen atoms in total. The van der Waals surface area contributed by atoms with E-state index < -0.39 is 0 Å². The predicted octanol–water partition coefficient (Wildman–Crippen LogP) is 0.848. The second-order valence-electron chi connectivity index (χ2n) is 3.90. The molecule has 0 saturated carbocycles. The second-order valence-corrected chi connectivity index (χ2v) is 3.90. The Balaban J connectivity index is 2.43. The molecule has 18 heavy (non-hydrogen) atoms. The zero-order valence-corrected chi connectivity index (χ0v) is 10.8. The van der Waals surface area contributed by atoms with Crippen LogP contribution in [0.1, 0.15) is 18.5 Å². The summed E-state index contributed by atoms with van der Waals surface area (Å²) in [7, 11) is 1.62. The molecule has 0 aliphatic heterocycles. The highest BCUT2D eigenvalue weighted by Gasteiger charge is 2.09. The van der Waals surface area contributed by atoms with Crippen LogP contribution in [-0.2, 0) is 9.53 Å². The molecule has 1 rings (SSSR count). The van der Waals surface area contributed by atoms with E-state index in [0.29, 0.717) is 13.2 Å². The van der Waals surface area contributed by atoms with Crippen molar-refractivity contribution >= 4 is 5.91 Å². The zero-order chi connectivity index (χ0) is 13.4. The molecular formula is C13H20N2O3. The number of benzene rings is 1. The van der Waals surface area contributed by atoms with Gasteiger partial charge in [0.05, 0.1) is 19.8 Å². The molecule has 0 fully saturated rings. The molecule has 0 bridgehead atoms. The highest BCUT2D eigenvalue weighted by Crippen LogP contribution is 2.16. The van der Waals surface area contributed by atoms with E-state index in [0.717, 1.165) is 11.3 Å². The lowest BCUT2D eigenvalue weighted by molar-refractivity contribution is -0.126. The SMILES string of the molecule is COc1ccc(C(C)NC(=O)COCCN)cc1. The Hall–Kier alpha value is -1.59. The van der Waals surface area contributed by atoms with Crippen molar-refractivity contribution in [2.45, 2.75) is 13.0 Å². The van der Waals surface area contributed by atoms with Gasteiger partial charge < -0.3 is 20.5 Å². The third kappa shape index (κ3) is 4.73. The fourth-order valence-corrected chi connectivity index (χ4v) is 1.51. The number of methoxy groups -OCH3 is 1. The summed E-state index contributed by atoms with van der Waals surface area (Å²) < 4.78 is 10.1. The number of hydrogen-bond acceptors (Lipinski definition) is 4. The maximum Gasteiger partial charge on any atom is 0.246 e. The van der Waals surface area contributed by atoms with Gasteiger partial charge in [-0.3, -0.25) is 4.79 Å². The Bertz CT molecular complexity index is 365. The number of hydrogen-bond donors (Lipinski definition) is 2. The van der Waals surface area contributed by atoms with Crippen molar-refractivity contribution in [2.75, 3.05) is 26.9 Å². The Morgan fingerprint density at radius 2 is 2.06 bits per heavy atom. The van der Waals surface area contributed by atoms with Crippen molar-refractivity contribution in [3.05, 3.63) is 29.8 Å². The monoisotopic (exact) mass is 252 g/mol. The van der Waals surface area contributed by atoms with Crippen molar-refractivity contribution in [2.24, 2.45) is 5.73 Å². The average molecular weight is 252 g/mol. The minimum absolute atomic E-state index is 0.0394. The summed E-state index contributed by atoms with van der Waals surface area (Å²) in [6.45, 7) is 2.77. The molecule has 0 aromatic heterocycles. The van der Waals surface area contributed by atoms with Crippen LogP contribution >= 0.6 is 0 Å². The molecule has 3 N–H and O–H groups in total. The van der Waals surface area contributed by atoms with Gasteiger partial charge >= 0.3 is 0 Å². The smallest absolute Gasteiger partial charge is 0.246 e. The first-order valence-corrected chi connectivity index (χ1v) is 5.88. The molecule has 1 unspecified atom stereocenters. The van der Waals surface area contributed by atoms with E-state index in [-0.39, 0.29) is 18.6 Å². The van der Waals surface area contributed by atoms with Crippen LogP contribution in [0.25, 0.3) is 0 Å². The van der Waals surface area contributed by atoms with Gasteiger partial charge in [0, 0.05) is 6.54 Å². The number of carbonyl (C=O) groups excluding carboxylic acids is 1. The molecule has 0 radical (unpaired) electrons. The molecule has 1 atom stereocenters. The van der Waals surface area contributed by atoms with Gasteiger partial charge in [0.1, 0.15) is 12.4 Å². The lowest BCUT2D eigenvalue weighted by atomic mass is 10.1. The van der Waals surface area contributed by atoms with Crippen LogP contribution < -0.4 is 15.8 Å². The maximum atomic E-state index is 11.5. The van der Waals surface area contributed by atoms with Crippen molar-refractivity contribution < 1.29 is 14.3 Å². The van der Waals surface area contributed by atoms with Crippen molar-refractivity contribution in [1.82, 2.24) is 5.32 Å². The fraction of sp³-hybridized carbons (Fsp3) is 0.462. The Morgan fingerprint density at radius 1 is 1.39 bits per heavy atom. The van der Waals surface area contributed by atoms with Crippen LogP contribution in [0.5, 0.6) is 5.75 Å². The van der Waals surface area contributed by atoms with Crippen molar-refractivity contribution in [1.29, 1.82) is 0 Å². The second kappa shape index (κ2) is 7.68. The van der Waals surface area contributed by atoms with Gasteiger partial charge in [0.2, 0.25) is 5.91 Å². The summed E-state index contributed by atoms with van der Waals surface area (Å²) >= 11 is 0. The Kier molecular flexibility index (Phi) is 6.18. The molecule has 1 aromatic rings. The number of amides is 1. The normalized spacial score (nSPS) is 11.9. The highest BCUT2D eigenvalue weighted by molar-refractivity contribution is 5.77. The van der Waals surface area contributed by atoms with E-state index in [2.05, 4.69) is 5.32 Å². The molecule has 0 saturated heterocycles. The number of ether oxygens (including phenoxy) is 2. The van der Waals surface area contributed by atoms with E-state index in [1.54, 1.807) is 7.11 Å². The molecule has 5 heteroatoms. The molecule has 1 amide bonds. The quantitative estimate of drug-likeness (QED) is 0.705. The van der Waals surface area contributed by atoms with Gasteiger partial charge in [-0.05, 0) is 24.6 Å². The standard InChI is InChI=1S/C13H20N2O3/c1-10(15-13(16)9-18-8-7-14)11-3-5-12(17-2)6-4-11/h3-6,10H,7-9,14H2,1-2H3,(H,15,16). The number of carbonyl (C=O) groups is 1. The van der Waals surface area contributed by atoms with Crippen LogP contribution in [0.4, 0.5) is 0 Å². The molecular weight excluding hydrogens is 232 g/mol. The van der Waals surface area contributed by atoms with E-state index in [1.165, 1.54) is 0 Å². The van der Waals surface area contributed by atoms with Gasteiger partial charge in [-0.2, -0.15) is 0 Å². The summed E-state index contributed by atoms with van der Waals surface area (Å²) in [5.41, 5.74) is 6.28. The van der Waals surface area contributed by atoms with Gasteiger partial charge in [-0.1, -0.05) is 12.1 Å². The fourth-order valence-electron chi connectivity index (χ4n) is 1.51. The van der Waals surface area contributed by atoms with Crippen LogP contribution in [0.2, 0.25) is 0 Å². The van der Waals surface area contributed by atoms with E-state index in [1.807, 2.05) is 31.2 Å². The first kappa shape index (κ1) is 14.5. The minimum Gasteiger partial charge on any atom is -0.497 e. The van der Waals surface area contributed by atoms with Crippen LogP contribution in [-0.4, -0.2) is 32.8 Å². The summed E-state index contributed by atoms with van der Waals surface area (Å²) in [5, 5.41) is 2.85. The number of nitrogens with two attached hydrogens (primary N) is 1. The number of nitrogens with one attached hydrogen (secondary N) is 1. The van der Waals surface area contributed by atoms with Gasteiger partial charge in [0.15, 0.2) is 0 Å². The lowest BCUT2D eigenvalue weighted by Gasteiger charge is -2.14. The minimum atomic E-state index is -0.147. The predicted molar refractivity (Wildman–Crippen MR) is 69.4 cm³/mol. The van der Waals surface area contributed by atoms with Gasteiger partial charge in [-0.15, -0.1) is 0 Å². The first-order valence-electron chi connectivity index (χ1n) is 5.88. The molecule has 0 spiro atoms. The number of rotatable bonds is 7. The van der Waals surface area contributed by atoms with Crippen LogP contribution in [0, 0.1) is 0 Å². The van der Waals surface area contributed by atoms with Gasteiger partial charge in [0.25, 0.3) is 0 Å². The Labute approximate surface area is 107 Å². The topological polar surface area (TPSA) is 73.6 Å². The van der Waals surface area contributed by atoms with Crippen molar-refractivity contribution in [3.8, 4) is 5.75 Å². The molecule has 1 aromatic carbocycles. The third-order valence-corrected chi connectivity index (χ3v) is 2.49. The first-order chi connectivity index (χ1) is 8.67. The Morgan fingerprint density at radius 3 is 2.61 bits per heavy atom. The zero-order valence-electron chi connectivity index (χ0n) is 10.8. The molecule has 100 valence electrons. The largest absolute Gasteiger partial charge is 0.497 e. The van der Waals surface area contributed by atoms with E-state index in [4.69, 9.17) is 15.2 Å². The maximum absolute atomic E-state index is 11.5. The summed E-state index contributed by atoms with van der Waals surface area (Å²) in [6.07, 6.45) is 0. The lowest BCUT2D eigenvalue weighted by Crippen LogP contribution is -2.30. The highest BCUT2D eigenvalue weighted by atomic mass is 16.5. The molecule has 0 heterocycles. The third-order valence-electron chi connectivity index (χ3n) is 2.49. The average Bonchev–Trinajstić information content (AvgIpc) is 2.39. The van der Waals surface area contributed by atoms with E-state index in [9.17, 15) is 4.79 Å². The molecule has 0 aliphatic rings. The van der Waals surface area contributed by atoms with Crippen LogP contribution in [0.15, 0.2) is 24.3 Å².